The molecule has 0 amide bonds. The van der Waals surface area contributed by atoms with Crippen LogP contribution < -0.4 is 5.32 Å². The van der Waals surface area contributed by atoms with Gasteiger partial charge in [0.2, 0.25) is 0 Å². The Balaban J connectivity index is 1.88. The highest BCUT2D eigenvalue weighted by atomic mass is 16.5. The Morgan fingerprint density at radius 3 is 2.63 bits per heavy atom. The van der Waals surface area contributed by atoms with Gasteiger partial charge >= 0.3 is 0 Å². The molecule has 1 N–H and O–H groups in total. The number of nitrogens with one attached hydrogen (secondary N) is 1. The summed E-state index contributed by atoms with van der Waals surface area (Å²) < 4.78 is 5.10. The maximum Gasteiger partial charge on any atom is 0.0587 e. The Kier molecular flexibility index (Phi) is 6.38. The van der Waals surface area contributed by atoms with Crippen molar-refractivity contribution in [2.24, 2.45) is 5.92 Å². The normalized spacial score (nSPS) is 17.7. The number of hydrogen-bond acceptors (Lipinski definition) is 2. The second-order valence-corrected chi connectivity index (χ2v) is 5.69. The van der Waals surface area contributed by atoms with Gasteiger partial charge in [0.1, 0.15) is 0 Å². The Hall–Kier alpha value is -0.860. The maximum atomic E-state index is 5.10. The van der Waals surface area contributed by atoms with Gasteiger partial charge in [-0.2, -0.15) is 0 Å². The summed E-state index contributed by atoms with van der Waals surface area (Å²) in [7, 11) is 1.76. The molecule has 1 aliphatic rings. The topological polar surface area (TPSA) is 21.3 Å². The molecule has 1 unspecified atom stereocenters. The van der Waals surface area contributed by atoms with Gasteiger partial charge in [0.05, 0.1) is 6.61 Å². The predicted octanol–water partition coefficient (Wildman–Crippen LogP) is 3.59. The van der Waals surface area contributed by atoms with Crippen LogP contribution in [0.15, 0.2) is 30.3 Å². The third kappa shape index (κ3) is 4.96. The lowest BCUT2D eigenvalue weighted by Gasteiger charge is -2.21. The van der Waals surface area contributed by atoms with E-state index in [-0.39, 0.29) is 0 Å². The van der Waals surface area contributed by atoms with Crippen molar-refractivity contribution < 1.29 is 4.74 Å². The summed E-state index contributed by atoms with van der Waals surface area (Å²) in [4.78, 5) is 0. The van der Waals surface area contributed by atoms with Crippen molar-refractivity contribution in [2.45, 2.75) is 38.0 Å². The molecule has 0 aliphatic heterocycles. The molecule has 1 saturated carbocycles. The number of ether oxygens (including phenoxy) is 1. The third-order valence-electron chi connectivity index (χ3n) is 4.24. The second-order valence-electron chi connectivity index (χ2n) is 5.69. The van der Waals surface area contributed by atoms with Crippen LogP contribution in [0.2, 0.25) is 0 Å². The van der Waals surface area contributed by atoms with Crippen molar-refractivity contribution in [3.8, 4) is 0 Å². The zero-order valence-electron chi connectivity index (χ0n) is 12.1. The van der Waals surface area contributed by atoms with Crippen LogP contribution in [-0.4, -0.2) is 26.8 Å². The first-order valence-corrected chi connectivity index (χ1v) is 7.64. The number of methoxy groups -OCH3 is 1. The van der Waals surface area contributed by atoms with Gasteiger partial charge in [0.15, 0.2) is 0 Å². The molecule has 0 bridgehead atoms. The van der Waals surface area contributed by atoms with Gasteiger partial charge in [-0.15, -0.1) is 0 Å². The molecule has 1 fully saturated rings. The van der Waals surface area contributed by atoms with Gasteiger partial charge in [-0.1, -0.05) is 56.0 Å². The molecule has 1 atom stereocenters. The zero-order chi connectivity index (χ0) is 13.3. The van der Waals surface area contributed by atoms with Crippen LogP contribution in [0.4, 0.5) is 0 Å². The first kappa shape index (κ1) is 14.5. The van der Waals surface area contributed by atoms with E-state index in [9.17, 15) is 0 Å². The number of benzene rings is 1. The van der Waals surface area contributed by atoms with Crippen LogP contribution in [-0.2, 0) is 4.74 Å². The SMILES string of the molecule is COCCNCC(CC1CCCC1)c1ccccc1. The van der Waals surface area contributed by atoms with Gasteiger partial charge in [-0.05, 0) is 23.8 Å². The summed E-state index contributed by atoms with van der Waals surface area (Å²) in [6.07, 6.45) is 7.07. The van der Waals surface area contributed by atoms with Gasteiger partial charge < -0.3 is 10.1 Å². The fourth-order valence-corrected chi connectivity index (χ4v) is 3.16. The first-order valence-electron chi connectivity index (χ1n) is 7.64. The molecule has 2 nitrogen and oxygen atoms in total. The Morgan fingerprint density at radius 1 is 1.21 bits per heavy atom. The molecule has 19 heavy (non-hydrogen) atoms. The molecule has 1 aliphatic carbocycles. The summed E-state index contributed by atoms with van der Waals surface area (Å²) in [5, 5.41) is 3.53. The van der Waals surface area contributed by atoms with Gasteiger partial charge in [-0.25, -0.2) is 0 Å². The molecule has 106 valence electrons. The minimum Gasteiger partial charge on any atom is -0.383 e. The van der Waals surface area contributed by atoms with Crippen LogP contribution in [0.1, 0.15) is 43.6 Å². The van der Waals surface area contributed by atoms with E-state index < -0.39 is 0 Å². The van der Waals surface area contributed by atoms with Crippen LogP contribution in [0.3, 0.4) is 0 Å². The molecule has 2 rings (SSSR count). The largest absolute Gasteiger partial charge is 0.383 e. The fourth-order valence-electron chi connectivity index (χ4n) is 3.16. The van der Waals surface area contributed by atoms with Crippen molar-refractivity contribution >= 4 is 0 Å². The molecule has 1 aromatic carbocycles. The van der Waals surface area contributed by atoms with Crippen molar-refractivity contribution in [2.75, 3.05) is 26.8 Å². The monoisotopic (exact) mass is 261 g/mol. The minimum atomic E-state index is 0.654. The maximum absolute atomic E-state index is 5.10. The first-order chi connectivity index (χ1) is 9.40. The average molecular weight is 261 g/mol. The van der Waals surface area contributed by atoms with Crippen molar-refractivity contribution in [1.29, 1.82) is 0 Å². The van der Waals surface area contributed by atoms with E-state index in [1.54, 1.807) is 7.11 Å². The number of rotatable bonds is 8. The van der Waals surface area contributed by atoms with Gasteiger partial charge in [-0.3, -0.25) is 0 Å². The Labute approximate surface area is 117 Å². The molecule has 0 radical (unpaired) electrons. The number of hydrogen-bond donors (Lipinski definition) is 1. The third-order valence-corrected chi connectivity index (χ3v) is 4.24. The molecular weight excluding hydrogens is 234 g/mol. The highest BCUT2D eigenvalue weighted by Gasteiger charge is 2.20. The summed E-state index contributed by atoms with van der Waals surface area (Å²) >= 11 is 0. The molecule has 1 aromatic rings. The van der Waals surface area contributed by atoms with E-state index in [4.69, 9.17) is 4.74 Å². The predicted molar refractivity (Wildman–Crippen MR) is 80.5 cm³/mol. The summed E-state index contributed by atoms with van der Waals surface area (Å²) in [6, 6.07) is 11.0. The second kappa shape index (κ2) is 8.34. The standard InChI is InChI=1S/C17H27NO/c1-19-12-11-18-14-17(13-15-7-5-6-8-15)16-9-3-2-4-10-16/h2-4,9-10,15,17-18H,5-8,11-14H2,1H3. The van der Waals surface area contributed by atoms with Crippen LogP contribution in [0.25, 0.3) is 0 Å². The zero-order valence-corrected chi connectivity index (χ0v) is 12.1. The average Bonchev–Trinajstić information content (AvgIpc) is 2.96. The summed E-state index contributed by atoms with van der Waals surface area (Å²) in [5.74, 6) is 1.59. The summed E-state index contributed by atoms with van der Waals surface area (Å²) in [6.45, 7) is 2.82. The lowest BCUT2D eigenvalue weighted by Crippen LogP contribution is -2.26. The fraction of sp³-hybridized carbons (Fsp3) is 0.647. The van der Waals surface area contributed by atoms with Gasteiger partial charge in [0, 0.05) is 20.2 Å². The molecular formula is C17H27NO. The van der Waals surface area contributed by atoms with E-state index in [1.165, 1.54) is 37.7 Å². The molecule has 0 aromatic heterocycles. The lowest BCUT2D eigenvalue weighted by molar-refractivity contribution is 0.198. The minimum absolute atomic E-state index is 0.654. The molecule has 0 spiro atoms. The van der Waals surface area contributed by atoms with Crippen molar-refractivity contribution in [3.63, 3.8) is 0 Å². The van der Waals surface area contributed by atoms with Crippen LogP contribution in [0.5, 0.6) is 0 Å². The van der Waals surface area contributed by atoms with Crippen molar-refractivity contribution in [3.05, 3.63) is 35.9 Å². The Bertz CT molecular complexity index is 332. The van der Waals surface area contributed by atoms with E-state index in [0.29, 0.717) is 5.92 Å². The van der Waals surface area contributed by atoms with Gasteiger partial charge in [0.25, 0.3) is 0 Å². The molecule has 0 saturated heterocycles. The van der Waals surface area contributed by atoms with E-state index >= 15 is 0 Å². The van der Waals surface area contributed by atoms with Crippen molar-refractivity contribution in [1.82, 2.24) is 5.32 Å². The highest BCUT2D eigenvalue weighted by molar-refractivity contribution is 5.20. The lowest BCUT2D eigenvalue weighted by atomic mass is 9.88. The smallest absolute Gasteiger partial charge is 0.0587 e. The van der Waals surface area contributed by atoms with Crippen LogP contribution >= 0.6 is 0 Å². The Morgan fingerprint density at radius 2 is 1.95 bits per heavy atom. The molecule has 0 heterocycles. The quantitative estimate of drug-likeness (QED) is 0.722. The van der Waals surface area contributed by atoms with E-state index in [0.717, 1.165) is 25.6 Å². The highest BCUT2D eigenvalue weighted by Crippen LogP contribution is 2.33. The van der Waals surface area contributed by atoms with E-state index in [2.05, 4.69) is 35.6 Å². The summed E-state index contributed by atoms with van der Waals surface area (Å²) in [5.41, 5.74) is 1.49. The van der Waals surface area contributed by atoms with Crippen LogP contribution in [0, 0.1) is 5.92 Å². The molecule has 2 heteroatoms. The van der Waals surface area contributed by atoms with E-state index in [1.807, 2.05) is 0 Å².